The fourth-order valence-electron chi connectivity index (χ4n) is 2.89. The van der Waals surface area contributed by atoms with E-state index in [2.05, 4.69) is 0 Å². The Morgan fingerprint density at radius 3 is 2.21 bits per heavy atom. The van der Waals surface area contributed by atoms with Gasteiger partial charge in [0.1, 0.15) is 0 Å². The van der Waals surface area contributed by atoms with Crippen molar-refractivity contribution < 1.29 is 27.5 Å². The van der Waals surface area contributed by atoms with Crippen LogP contribution in [0.1, 0.15) is 29.8 Å². The van der Waals surface area contributed by atoms with Crippen LogP contribution in [-0.2, 0) is 15.7 Å². The molecule has 0 bridgehead atoms. The first-order valence-electron chi connectivity index (χ1n) is 8.82. The number of carbonyl (C=O) groups is 2. The zero-order chi connectivity index (χ0) is 20.9. The minimum Gasteiger partial charge on any atom is -0.469 e. The van der Waals surface area contributed by atoms with Crippen molar-refractivity contribution in [1.29, 1.82) is 0 Å². The number of amides is 1. The quantitative estimate of drug-likeness (QED) is 0.672. The van der Waals surface area contributed by atoms with Crippen LogP contribution in [0.2, 0.25) is 0 Å². The third-order valence-electron chi connectivity index (χ3n) is 4.45. The molecule has 0 radical (unpaired) electrons. The first-order valence-corrected chi connectivity index (χ1v) is 8.82. The van der Waals surface area contributed by atoms with E-state index in [1.54, 1.807) is 38.1 Å². The van der Waals surface area contributed by atoms with Gasteiger partial charge in [0.25, 0.3) is 5.91 Å². The summed E-state index contributed by atoms with van der Waals surface area (Å²) in [4.78, 5) is 26.2. The molecule has 4 nitrogen and oxygen atoms in total. The summed E-state index contributed by atoms with van der Waals surface area (Å²) in [5.41, 5.74) is 0.655. The molecule has 0 aliphatic heterocycles. The number of esters is 1. The Kier molecular flexibility index (Phi) is 6.83. The third kappa shape index (κ3) is 4.91. The van der Waals surface area contributed by atoms with Crippen LogP contribution in [0.3, 0.4) is 0 Å². The first-order chi connectivity index (χ1) is 13.2. The Morgan fingerprint density at radius 2 is 1.68 bits per heavy atom. The van der Waals surface area contributed by atoms with Crippen LogP contribution in [0.15, 0.2) is 48.5 Å². The van der Waals surface area contributed by atoms with Crippen molar-refractivity contribution in [3.63, 3.8) is 0 Å². The van der Waals surface area contributed by atoms with E-state index in [9.17, 15) is 22.8 Å². The fourth-order valence-corrected chi connectivity index (χ4v) is 2.89. The average Bonchev–Trinajstić information content (AvgIpc) is 2.70. The topological polar surface area (TPSA) is 46.6 Å². The van der Waals surface area contributed by atoms with Crippen molar-refractivity contribution in [3.8, 4) is 11.1 Å². The molecule has 0 N–H and O–H groups in total. The third-order valence-corrected chi connectivity index (χ3v) is 4.45. The van der Waals surface area contributed by atoms with Gasteiger partial charge in [-0.25, -0.2) is 0 Å². The molecule has 28 heavy (non-hydrogen) atoms. The molecule has 0 aliphatic carbocycles. The molecule has 150 valence electrons. The van der Waals surface area contributed by atoms with Gasteiger partial charge in [-0.05, 0) is 36.2 Å². The molecule has 1 atom stereocenters. The lowest BCUT2D eigenvalue weighted by Crippen LogP contribution is -2.37. The van der Waals surface area contributed by atoms with Crippen LogP contribution in [0.5, 0.6) is 0 Å². The van der Waals surface area contributed by atoms with E-state index in [1.165, 1.54) is 24.1 Å². The molecule has 2 aromatic rings. The molecule has 0 spiro atoms. The maximum Gasteiger partial charge on any atom is 0.416 e. The summed E-state index contributed by atoms with van der Waals surface area (Å²) in [6.07, 6.45) is -4.42. The van der Waals surface area contributed by atoms with Crippen LogP contribution in [0.4, 0.5) is 13.2 Å². The predicted molar refractivity (Wildman–Crippen MR) is 99.6 cm³/mol. The minimum absolute atomic E-state index is 0.184. The molecule has 0 fully saturated rings. The normalized spacial score (nSPS) is 12.4. The van der Waals surface area contributed by atoms with E-state index < -0.39 is 23.6 Å². The summed E-state index contributed by atoms with van der Waals surface area (Å²) in [7, 11) is 1.29. The maximum absolute atomic E-state index is 13.0. The lowest BCUT2D eigenvalue weighted by atomic mass is 9.97. The molecule has 2 aromatic carbocycles. The number of benzene rings is 2. The molecule has 0 heterocycles. The number of hydrogen-bond acceptors (Lipinski definition) is 3. The Bertz CT molecular complexity index is 832. The molecule has 7 heteroatoms. The largest absolute Gasteiger partial charge is 0.469 e. The van der Waals surface area contributed by atoms with E-state index in [4.69, 9.17) is 4.74 Å². The van der Waals surface area contributed by atoms with Crippen molar-refractivity contribution in [3.05, 3.63) is 59.7 Å². The highest BCUT2D eigenvalue weighted by atomic mass is 19.4. The second-order valence-electron chi connectivity index (χ2n) is 6.39. The zero-order valence-corrected chi connectivity index (χ0v) is 15.9. The van der Waals surface area contributed by atoms with Crippen LogP contribution in [0, 0.1) is 5.92 Å². The fraction of sp³-hybridized carbons (Fsp3) is 0.333. The molecule has 0 aromatic heterocycles. The lowest BCUT2D eigenvalue weighted by Gasteiger charge is -2.24. The summed E-state index contributed by atoms with van der Waals surface area (Å²) in [5.74, 6) is -1.21. The van der Waals surface area contributed by atoms with Gasteiger partial charge in [0, 0.05) is 18.7 Å². The second kappa shape index (κ2) is 8.91. The predicted octanol–water partition coefficient (Wildman–Crippen LogP) is 4.64. The van der Waals surface area contributed by atoms with Crippen LogP contribution in [0.25, 0.3) is 11.1 Å². The van der Waals surface area contributed by atoms with Gasteiger partial charge < -0.3 is 9.64 Å². The number of nitrogens with zero attached hydrogens (tertiary/aromatic N) is 1. The smallest absolute Gasteiger partial charge is 0.416 e. The summed E-state index contributed by atoms with van der Waals surface area (Å²) < 4.78 is 43.1. The van der Waals surface area contributed by atoms with Gasteiger partial charge in [0.15, 0.2) is 0 Å². The average molecular weight is 393 g/mol. The summed E-state index contributed by atoms with van der Waals surface area (Å²) in [6, 6.07) is 11.4. The monoisotopic (exact) mass is 393 g/mol. The van der Waals surface area contributed by atoms with Crippen molar-refractivity contribution in [1.82, 2.24) is 4.90 Å². The van der Waals surface area contributed by atoms with Gasteiger partial charge in [0.2, 0.25) is 0 Å². The van der Waals surface area contributed by atoms with Gasteiger partial charge in [-0.15, -0.1) is 0 Å². The molecular weight excluding hydrogens is 371 g/mol. The maximum atomic E-state index is 13.0. The van der Waals surface area contributed by atoms with Gasteiger partial charge in [-0.1, -0.05) is 37.3 Å². The number of carbonyl (C=O) groups excluding carboxylic acids is 2. The highest BCUT2D eigenvalue weighted by Crippen LogP contribution is 2.32. The van der Waals surface area contributed by atoms with E-state index >= 15 is 0 Å². The molecule has 0 saturated heterocycles. The Morgan fingerprint density at radius 1 is 1.07 bits per heavy atom. The van der Waals surface area contributed by atoms with Crippen LogP contribution in [-0.4, -0.2) is 37.0 Å². The van der Waals surface area contributed by atoms with Crippen LogP contribution < -0.4 is 0 Å². The minimum atomic E-state index is -4.42. The number of hydrogen-bond donors (Lipinski definition) is 0. The van der Waals surface area contributed by atoms with Gasteiger partial charge in [-0.3, -0.25) is 9.59 Å². The summed E-state index contributed by atoms with van der Waals surface area (Å²) >= 11 is 0. The lowest BCUT2D eigenvalue weighted by molar-refractivity contribution is -0.145. The zero-order valence-electron chi connectivity index (χ0n) is 15.9. The molecule has 0 aliphatic rings. The molecule has 0 saturated carbocycles. The summed E-state index contributed by atoms with van der Waals surface area (Å²) in [5, 5.41) is 0. The van der Waals surface area contributed by atoms with E-state index in [1.807, 2.05) is 0 Å². The van der Waals surface area contributed by atoms with Crippen LogP contribution >= 0.6 is 0 Å². The second-order valence-corrected chi connectivity index (χ2v) is 6.39. The summed E-state index contributed by atoms with van der Waals surface area (Å²) in [6.45, 7) is 4.02. The highest BCUT2D eigenvalue weighted by Gasteiger charge is 2.30. The van der Waals surface area contributed by atoms with Crippen molar-refractivity contribution in [2.45, 2.75) is 20.0 Å². The van der Waals surface area contributed by atoms with E-state index in [0.29, 0.717) is 23.2 Å². The molecule has 1 amide bonds. The van der Waals surface area contributed by atoms with Gasteiger partial charge in [0.05, 0.1) is 18.6 Å². The Labute approximate surface area is 161 Å². The first kappa shape index (κ1) is 21.5. The molecule has 1 unspecified atom stereocenters. The Hall–Kier alpha value is -2.83. The van der Waals surface area contributed by atoms with Crippen molar-refractivity contribution in [2.24, 2.45) is 5.92 Å². The highest BCUT2D eigenvalue weighted by molar-refractivity contribution is 6.01. The number of methoxy groups -OCH3 is 1. The van der Waals surface area contributed by atoms with Gasteiger partial charge >= 0.3 is 12.1 Å². The number of alkyl halides is 3. The standard InChI is InChI=1S/C21H22F3NO3/c1-4-25(13-14(2)20(27)28-3)19(26)18-8-6-5-7-17(18)15-9-11-16(12-10-15)21(22,23)24/h5-12,14H,4,13H2,1-3H3. The molecular formula is C21H22F3NO3. The number of ether oxygens (including phenoxy) is 1. The van der Waals surface area contributed by atoms with Crippen molar-refractivity contribution in [2.75, 3.05) is 20.2 Å². The van der Waals surface area contributed by atoms with Gasteiger partial charge in [-0.2, -0.15) is 13.2 Å². The Balaban J connectivity index is 2.34. The SMILES string of the molecule is CCN(CC(C)C(=O)OC)C(=O)c1ccccc1-c1ccc(C(F)(F)F)cc1. The van der Waals surface area contributed by atoms with E-state index in [0.717, 1.165) is 12.1 Å². The number of rotatable bonds is 6. The number of halogens is 3. The van der Waals surface area contributed by atoms with E-state index in [-0.39, 0.29) is 12.5 Å². The van der Waals surface area contributed by atoms with Crippen molar-refractivity contribution >= 4 is 11.9 Å². The molecule has 2 rings (SSSR count).